The number of pyridine rings is 1. The molecule has 23 heavy (non-hydrogen) atoms. The van der Waals surface area contributed by atoms with Crippen molar-refractivity contribution >= 4 is 0 Å². The molecule has 0 radical (unpaired) electrons. The molecule has 0 unspecified atom stereocenters. The van der Waals surface area contributed by atoms with Gasteiger partial charge in [-0.25, -0.2) is 0 Å². The Hall–Kier alpha value is -1.71. The summed E-state index contributed by atoms with van der Waals surface area (Å²) < 4.78 is 0. The smallest absolute Gasteiger partial charge is 0.0484 e. The van der Waals surface area contributed by atoms with Gasteiger partial charge in [0.25, 0.3) is 0 Å². The van der Waals surface area contributed by atoms with E-state index in [9.17, 15) is 0 Å². The molecule has 2 aliphatic heterocycles. The number of benzene rings is 1. The second-order valence-electron chi connectivity index (χ2n) is 6.99. The number of likely N-dealkylation sites (tertiary alicyclic amines) is 1. The number of likely N-dealkylation sites (N-methyl/N-ethyl adjacent to an activating group) is 1. The van der Waals surface area contributed by atoms with Gasteiger partial charge in [0.1, 0.15) is 0 Å². The van der Waals surface area contributed by atoms with Gasteiger partial charge >= 0.3 is 0 Å². The summed E-state index contributed by atoms with van der Waals surface area (Å²) in [6, 6.07) is 13.4. The predicted octanol–water partition coefficient (Wildman–Crippen LogP) is 3.06. The minimum Gasteiger partial charge on any atom is -0.299 e. The molecular weight excluding hydrogens is 282 g/mol. The second-order valence-corrected chi connectivity index (χ2v) is 6.99. The van der Waals surface area contributed by atoms with Gasteiger partial charge in [-0.15, -0.1) is 0 Å². The van der Waals surface area contributed by atoms with Crippen LogP contribution in [0.1, 0.15) is 29.5 Å². The number of nitrogens with zero attached hydrogens (tertiary/aromatic N) is 3. The lowest BCUT2D eigenvalue weighted by molar-refractivity contribution is 0.0255. The summed E-state index contributed by atoms with van der Waals surface area (Å²) in [5.74, 6) is 0. The fourth-order valence-corrected chi connectivity index (χ4v) is 4.38. The zero-order valence-corrected chi connectivity index (χ0v) is 13.9. The third kappa shape index (κ3) is 2.68. The molecule has 120 valence electrons. The first-order chi connectivity index (χ1) is 11.3. The van der Waals surface area contributed by atoms with Crippen LogP contribution >= 0.6 is 0 Å². The molecule has 1 aromatic heterocycles. The summed E-state index contributed by atoms with van der Waals surface area (Å²) >= 11 is 0. The summed E-state index contributed by atoms with van der Waals surface area (Å²) in [5.41, 5.74) is 4.77. The average Bonchev–Trinajstić information content (AvgIpc) is 2.61. The largest absolute Gasteiger partial charge is 0.299 e. The molecule has 0 N–H and O–H groups in total. The maximum atomic E-state index is 4.12. The van der Waals surface area contributed by atoms with Crippen molar-refractivity contribution < 1.29 is 0 Å². The molecule has 0 bridgehead atoms. The Morgan fingerprint density at radius 1 is 1.00 bits per heavy atom. The van der Waals surface area contributed by atoms with Gasteiger partial charge < -0.3 is 0 Å². The molecule has 1 spiro atoms. The van der Waals surface area contributed by atoms with Crippen LogP contribution in [0.3, 0.4) is 0 Å². The van der Waals surface area contributed by atoms with Crippen LogP contribution in [-0.2, 0) is 18.5 Å². The fraction of sp³-hybridized carbons (Fsp3) is 0.450. The maximum absolute atomic E-state index is 4.12. The van der Waals surface area contributed by atoms with Gasteiger partial charge in [-0.2, -0.15) is 0 Å². The highest BCUT2D eigenvalue weighted by Crippen LogP contribution is 2.42. The summed E-state index contributed by atoms with van der Waals surface area (Å²) in [6.07, 6.45) is 7.43. The number of hydrogen-bond acceptors (Lipinski definition) is 3. The SMILES string of the molecule is CN1CCc2ccccc2C12CCN(Cc1ccncc1)CC2. The van der Waals surface area contributed by atoms with Crippen molar-refractivity contribution in [2.75, 3.05) is 26.7 Å². The van der Waals surface area contributed by atoms with Crippen molar-refractivity contribution in [3.05, 3.63) is 65.5 Å². The van der Waals surface area contributed by atoms with Crippen LogP contribution in [0.15, 0.2) is 48.8 Å². The van der Waals surface area contributed by atoms with Gasteiger partial charge in [-0.05, 0) is 55.1 Å². The molecule has 2 aliphatic rings. The Kier molecular flexibility index (Phi) is 3.92. The van der Waals surface area contributed by atoms with Crippen LogP contribution in [0.5, 0.6) is 0 Å². The van der Waals surface area contributed by atoms with Crippen LogP contribution < -0.4 is 0 Å². The topological polar surface area (TPSA) is 19.4 Å². The van der Waals surface area contributed by atoms with Crippen LogP contribution in [0.4, 0.5) is 0 Å². The summed E-state index contributed by atoms with van der Waals surface area (Å²) in [4.78, 5) is 9.32. The minimum atomic E-state index is 0.254. The van der Waals surface area contributed by atoms with E-state index >= 15 is 0 Å². The first-order valence-corrected chi connectivity index (χ1v) is 8.69. The second kappa shape index (κ2) is 6.06. The number of rotatable bonds is 2. The van der Waals surface area contributed by atoms with Crippen molar-refractivity contribution in [1.82, 2.24) is 14.8 Å². The summed E-state index contributed by atoms with van der Waals surface area (Å²) in [5, 5.41) is 0. The molecule has 2 aromatic rings. The number of fused-ring (bicyclic) bond motifs is 2. The fourth-order valence-electron chi connectivity index (χ4n) is 4.38. The number of piperidine rings is 1. The highest BCUT2D eigenvalue weighted by Gasteiger charge is 2.42. The molecular formula is C20H25N3. The van der Waals surface area contributed by atoms with Crippen LogP contribution in [0.25, 0.3) is 0 Å². The third-order valence-electron chi connectivity index (χ3n) is 5.80. The number of aromatic nitrogens is 1. The molecule has 4 rings (SSSR count). The zero-order valence-electron chi connectivity index (χ0n) is 13.9. The predicted molar refractivity (Wildman–Crippen MR) is 93.2 cm³/mol. The van der Waals surface area contributed by atoms with Gasteiger partial charge in [0.15, 0.2) is 0 Å². The van der Waals surface area contributed by atoms with E-state index in [-0.39, 0.29) is 5.54 Å². The van der Waals surface area contributed by atoms with Crippen molar-refractivity contribution in [3.8, 4) is 0 Å². The maximum Gasteiger partial charge on any atom is 0.0484 e. The van der Waals surface area contributed by atoms with Gasteiger partial charge in [0.2, 0.25) is 0 Å². The van der Waals surface area contributed by atoms with Crippen molar-refractivity contribution in [2.24, 2.45) is 0 Å². The first-order valence-electron chi connectivity index (χ1n) is 8.69. The van der Waals surface area contributed by atoms with Gasteiger partial charge in [-0.3, -0.25) is 14.8 Å². The van der Waals surface area contributed by atoms with Gasteiger partial charge in [0, 0.05) is 44.1 Å². The van der Waals surface area contributed by atoms with Crippen LogP contribution in [0.2, 0.25) is 0 Å². The van der Waals surface area contributed by atoms with E-state index in [2.05, 4.69) is 58.2 Å². The van der Waals surface area contributed by atoms with E-state index in [0.29, 0.717) is 0 Å². The quantitative estimate of drug-likeness (QED) is 0.850. The molecule has 0 saturated carbocycles. The Labute approximate surface area is 139 Å². The van der Waals surface area contributed by atoms with Gasteiger partial charge in [0.05, 0.1) is 0 Å². The molecule has 1 fully saturated rings. The van der Waals surface area contributed by atoms with E-state index in [4.69, 9.17) is 0 Å². The van der Waals surface area contributed by atoms with Crippen molar-refractivity contribution in [3.63, 3.8) is 0 Å². The standard InChI is InChI=1S/C20H25N3/c1-22-13-8-18-4-2-3-5-19(18)20(22)9-14-23(15-10-20)16-17-6-11-21-12-7-17/h2-7,11-12H,8-10,13-16H2,1H3. The lowest BCUT2D eigenvalue weighted by Gasteiger charge is -2.51. The lowest BCUT2D eigenvalue weighted by Crippen LogP contribution is -2.54. The van der Waals surface area contributed by atoms with E-state index in [1.54, 1.807) is 11.1 Å². The Bertz CT molecular complexity index is 660. The lowest BCUT2D eigenvalue weighted by atomic mass is 9.74. The molecule has 3 heteroatoms. The first kappa shape index (κ1) is 14.9. The zero-order chi connectivity index (χ0) is 15.7. The Morgan fingerprint density at radius 3 is 2.52 bits per heavy atom. The van der Waals surface area contributed by atoms with Crippen LogP contribution in [-0.4, -0.2) is 41.5 Å². The van der Waals surface area contributed by atoms with E-state index in [1.807, 2.05) is 12.4 Å². The molecule has 3 nitrogen and oxygen atoms in total. The molecule has 1 aromatic carbocycles. The monoisotopic (exact) mass is 307 g/mol. The highest BCUT2D eigenvalue weighted by atomic mass is 15.2. The Balaban J connectivity index is 1.52. The third-order valence-corrected chi connectivity index (χ3v) is 5.80. The van der Waals surface area contributed by atoms with E-state index < -0.39 is 0 Å². The summed E-state index contributed by atoms with van der Waals surface area (Å²) in [6.45, 7) is 4.56. The average molecular weight is 307 g/mol. The normalized spacial score (nSPS) is 21.3. The molecule has 0 atom stereocenters. The summed E-state index contributed by atoms with van der Waals surface area (Å²) in [7, 11) is 2.31. The number of hydrogen-bond donors (Lipinski definition) is 0. The van der Waals surface area contributed by atoms with Gasteiger partial charge in [-0.1, -0.05) is 24.3 Å². The van der Waals surface area contributed by atoms with Crippen molar-refractivity contribution in [2.45, 2.75) is 31.3 Å². The Morgan fingerprint density at radius 2 is 1.74 bits per heavy atom. The van der Waals surface area contributed by atoms with E-state index in [1.165, 1.54) is 44.5 Å². The van der Waals surface area contributed by atoms with E-state index in [0.717, 1.165) is 6.54 Å². The van der Waals surface area contributed by atoms with Crippen LogP contribution in [0, 0.1) is 0 Å². The molecule has 0 aliphatic carbocycles. The minimum absolute atomic E-state index is 0.254. The molecule has 0 amide bonds. The molecule has 3 heterocycles. The molecule has 1 saturated heterocycles. The highest BCUT2D eigenvalue weighted by molar-refractivity contribution is 5.37. The van der Waals surface area contributed by atoms with Crippen molar-refractivity contribution in [1.29, 1.82) is 0 Å².